The Labute approximate surface area is 140 Å². The van der Waals surface area contributed by atoms with Gasteiger partial charge in [0.15, 0.2) is 0 Å². The molecule has 0 atom stereocenters. The summed E-state index contributed by atoms with van der Waals surface area (Å²) in [5, 5.41) is 20.6. The van der Waals surface area contributed by atoms with Crippen LogP contribution in [0.5, 0.6) is 0 Å². The fourth-order valence-electron chi connectivity index (χ4n) is 2.00. The van der Waals surface area contributed by atoms with E-state index in [1.165, 1.54) is 23.5 Å². The van der Waals surface area contributed by atoms with Crippen molar-refractivity contribution in [1.82, 2.24) is 4.98 Å². The molecule has 0 amide bonds. The van der Waals surface area contributed by atoms with Gasteiger partial charge in [0.05, 0.1) is 27.2 Å². The van der Waals surface area contributed by atoms with Crippen LogP contribution in [0.1, 0.15) is 33.3 Å². The zero-order valence-electron chi connectivity index (χ0n) is 13.9. The van der Waals surface area contributed by atoms with E-state index in [4.69, 9.17) is 4.65 Å². The van der Waals surface area contributed by atoms with Crippen LogP contribution in [0.2, 0.25) is 0 Å². The number of aliphatic hydroxyl groups is 1. The minimum atomic E-state index is -1.23. The van der Waals surface area contributed by atoms with Crippen molar-refractivity contribution >= 4 is 23.2 Å². The lowest BCUT2D eigenvalue weighted by Crippen LogP contribution is -2.53. The number of aryl methyl sites for hydroxylation is 1. The van der Waals surface area contributed by atoms with Crippen molar-refractivity contribution < 1.29 is 19.2 Å². The smallest absolute Gasteiger partial charge is 0.422 e. The standard InChI is InChI=1S/C16H21BFNO3S/c1-10-8-11(18)6-7-12(10)13-14(23-9-19-13)17(21)22-16(4,5)15(2,3)20/h6-9,20-21H,1-5H3. The Hall–Kier alpha value is -1.28. The van der Waals surface area contributed by atoms with Gasteiger partial charge >= 0.3 is 7.12 Å². The van der Waals surface area contributed by atoms with E-state index < -0.39 is 18.3 Å². The summed E-state index contributed by atoms with van der Waals surface area (Å²) in [6, 6.07) is 4.42. The van der Waals surface area contributed by atoms with Crippen molar-refractivity contribution in [3.05, 3.63) is 35.1 Å². The first-order valence-corrected chi connectivity index (χ1v) is 8.19. The van der Waals surface area contributed by atoms with Crippen molar-refractivity contribution in [2.24, 2.45) is 0 Å². The quantitative estimate of drug-likeness (QED) is 0.823. The van der Waals surface area contributed by atoms with E-state index >= 15 is 0 Å². The molecule has 4 nitrogen and oxygen atoms in total. The van der Waals surface area contributed by atoms with Gasteiger partial charge in [0.2, 0.25) is 0 Å². The summed E-state index contributed by atoms with van der Waals surface area (Å²) in [6.45, 7) is 8.45. The van der Waals surface area contributed by atoms with Crippen LogP contribution < -0.4 is 4.78 Å². The average Bonchev–Trinajstić information content (AvgIpc) is 2.85. The lowest BCUT2D eigenvalue weighted by atomic mass is 9.80. The highest BCUT2D eigenvalue weighted by atomic mass is 32.1. The second-order valence-corrected chi connectivity index (χ2v) is 7.45. The number of aromatic nitrogens is 1. The summed E-state index contributed by atoms with van der Waals surface area (Å²) >= 11 is 1.26. The highest BCUT2D eigenvalue weighted by molar-refractivity contribution is 7.21. The lowest BCUT2D eigenvalue weighted by Gasteiger charge is -2.38. The Morgan fingerprint density at radius 3 is 2.48 bits per heavy atom. The predicted molar refractivity (Wildman–Crippen MR) is 91.3 cm³/mol. The summed E-state index contributed by atoms with van der Waals surface area (Å²) < 4.78 is 19.5. The van der Waals surface area contributed by atoms with E-state index in [1.807, 2.05) is 0 Å². The molecule has 2 N–H and O–H groups in total. The largest absolute Gasteiger partial charge is 0.504 e. The fourth-order valence-corrected chi connectivity index (χ4v) is 2.71. The highest BCUT2D eigenvalue weighted by Crippen LogP contribution is 2.27. The van der Waals surface area contributed by atoms with Gasteiger partial charge < -0.3 is 14.8 Å². The topological polar surface area (TPSA) is 62.6 Å². The van der Waals surface area contributed by atoms with Crippen LogP contribution in [-0.2, 0) is 4.65 Å². The first-order valence-electron chi connectivity index (χ1n) is 7.31. The van der Waals surface area contributed by atoms with Gasteiger partial charge in [-0.2, -0.15) is 0 Å². The molecular formula is C16H21BFNO3S. The minimum Gasteiger partial charge on any atom is -0.422 e. The van der Waals surface area contributed by atoms with Crippen molar-refractivity contribution in [1.29, 1.82) is 0 Å². The van der Waals surface area contributed by atoms with Crippen LogP contribution in [-0.4, -0.2) is 33.4 Å². The molecular weight excluding hydrogens is 316 g/mol. The Kier molecular flexibility index (Phi) is 4.96. The molecule has 0 saturated heterocycles. The van der Waals surface area contributed by atoms with Gasteiger partial charge in [-0.25, -0.2) is 9.37 Å². The Bertz CT molecular complexity index is 697. The number of benzene rings is 1. The van der Waals surface area contributed by atoms with Crippen LogP contribution in [0.25, 0.3) is 11.3 Å². The third-order valence-electron chi connectivity index (χ3n) is 4.14. The first-order chi connectivity index (χ1) is 10.5. The maximum absolute atomic E-state index is 13.3. The zero-order chi connectivity index (χ0) is 17.4. The molecule has 0 radical (unpaired) electrons. The normalized spacial score (nSPS) is 12.5. The van der Waals surface area contributed by atoms with Gasteiger partial charge in [0.25, 0.3) is 0 Å². The van der Waals surface area contributed by atoms with E-state index in [1.54, 1.807) is 46.2 Å². The summed E-state index contributed by atoms with van der Waals surface area (Å²) in [4.78, 5) is 4.28. The minimum absolute atomic E-state index is 0.317. The third-order valence-corrected chi connectivity index (χ3v) is 5.00. The van der Waals surface area contributed by atoms with Crippen molar-refractivity contribution in [2.45, 2.75) is 45.8 Å². The average molecular weight is 337 g/mol. The molecule has 0 saturated carbocycles. The van der Waals surface area contributed by atoms with Gasteiger partial charge in [0, 0.05) is 5.56 Å². The molecule has 7 heteroatoms. The van der Waals surface area contributed by atoms with Gasteiger partial charge in [0.1, 0.15) is 5.82 Å². The first kappa shape index (κ1) is 18.1. The molecule has 0 aliphatic rings. The zero-order valence-corrected chi connectivity index (χ0v) is 14.7. The van der Waals surface area contributed by atoms with Crippen LogP contribution in [0, 0.1) is 12.7 Å². The number of halogens is 1. The van der Waals surface area contributed by atoms with E-state index in [0.29, 0.717) is 10.5 Å². The maximum atomic E-state index is 13.3. The fraction of sp³-hybridized carbons (Fsp3) is 0.438. The van der Waals surface area contributed by atoms with Crippen molar-refractivity contribution in [3.63, 3.8) is 0 Å². The summed E-state index contributed by atoms with van der Waals surface area (Å²) in [5.41, 5.74) is 1.54. The molecule has 0 unspecified atom stereocenters. The second kappa shape index (κ2) is 6.32. The van der Waals surface area contributed by atoms with Crippen LogP contribution >= 0.6 is 11.3 Å². The summed E-state index contributed by atoms with van der Waals surface area (Å²) in [6.07, 6.45) is 0. The molecule has 0 aliphatic heterocycles. The highest BCUT2D eigenvalue weighted by Gasteiger charge is 2.40. The molecule has 2 aromatic rings. The molecule has 23 heavy (non-hydrogen) atoms. The number of thiazole rings is 1. The Morgan fingerprint density at radius 2 is 1.91 bits per heavy atom. The lowest BCUT2D eigenvalue weighted by molar-refractivity contribution is -0.0981. The second-order valence-electron chi connectivity index (χ2n) is 6.56. The molecule has 0 fully saturated rings. The third kappa shape index (κ3) is 3.80. The van der Waals surface area contributed by atoms with Crippen LogP contribution in [0.15, 0.2) is 23.7 Å². The van der Waals surface area contributed by atoms with E-state index in [0.717, 1.165) is 11.1 Å². The van der Waals surface area contributed by atoms with E-state index in [2.05, 4.69) is 4.98 Å². The van der Waals surface area contributed by atoms with Gasteiger partial charge in [-0.3, -0.25) is 0 Å². The van der Waals surface area contributed by atoms with Gasteiger partial charge in [-0.05, 0) is 58.4 Å². The molecule has 1 heterocycles. The predicted octanol–water partition coefficient (Wildman–Crippen LogP) is 2.51. The molecule has 2 rings (SSSR count). The van der Waals surface area contributed by atoms with E-state index in [9.17, 15) is 14.5 Å². The summed E-state index contributed by atoms with van der Waals surface area (Å²) in [7, 11) is -1.23. The number of hydrogen-bond donors (Lipinski definition) is 2. The molecule has 0 spiro atoms. The number of hydrogen-bond acceptors (Lipinski definition) is 5. The molecule has 1 aromatic heterocycles. The number of rotatable bonds is 5. The van der Waals surface area contributed by atoms with Crippen LogP contribution in [0.3, 0.4) is 0 Å². The Balaban J connectivity index is 2.34. The van der Waals surface area contributed by atoms with Crippen LogP contribution in [0.4, 0.5) is 4.39 Å². The SMILES string of the molecule is Cc1cc(F)ccc1-c1ncsc1B(O)OC(C)(C)C(C)(C)O. The van der Waals surface area contributed by atoms with Crippen molar-refractivity contribution in [2.75, 3.05) is 0 Å². The molecule has 0 bridgehead atoms. The van der Waals surface area contributed by atoms with Crippen molar-refractivity contribution in [3.8, 4) is 11.3 Å². The molecule has 0 aliphatic carbocycles. The molecule has 124 valence electrons. The molecule has 1 aromatic carbocycles. The Morgan fingerprint density at radius 1 is 1.26 bits per heavy atom. The summed E-state index contributed by atoms with van der Waals surface area (Å²) in [5.74, 6) is -0.317. The van der Waals surface area contributed by atoms with Gasteiger partial charge in [-0.1, -0.05) is 0 Å². The van der Waals surface area contributed by atoms with E-state index in [-0.39, 0.29) is 5.82 Å². The monoisotopic (exact) mass is 337 g/mol. The maximum Gasteiger partial charge on any atom is 0.504 e. The number of nitrogens with zero attached hydrogens (tertiary/aromatic N) is 1. The van der Waals surface area contributed by atoms with Gasteiger partial charge in [-0.15, -0.1) is 11.3 Å².